The van der Waals surface area contributed by atoms with Gasteiger partial charge in [0.25, 0.3) is 0 Å². The van der Waals surface area contributed by atoms with Gasteiger partial charge in [0.2, 0.25) is 0 Å². The van der Waals surface area contributed by atoms with Crippen LogP contribution in [0.4, 0.5) is 0 Å². The molecule has 2 unspecified atom stereocenters. The summed E-state index contributed by atoms with van der Waals surface area (Å²) in [7, 11) is 4.30. The van der Waals surface area contributed by atoms with E-state index in [1.165, 1.54) is 14.2 Å². The number of esters is 2. The maximum Gasteiger partial charge on any atom is 0.337 e. The summed E-state index contributed by atoms with van der Waals surface area (Å²) in [5.74, 6) is 22.2. The van der Waals surface area contributed by atoms with Crippen molar-refractivity contribution in [3.8, 4) is 47.4 Å². The van der Waals surface area contributed by atoms with Gasteiger partial charge in [0.1, 0.15) is 0 Å². The molecule has 8 heteroatoms. The summed E-state index contributed by atoms with van der Waals surface area (Å²) in [6, 6.07) is 13.6. The molecule has 0 spiro atoms. The van der Waals surface area contributed by atoms with E-state index in [0.29, 0.717) is 30.6 Å². The summed E-state index contributed by atoms with van der Waals surface area (Å²) < 4.78 is 14.3. The van der Waals surface area contributed by atoms with Crippen molar-refractivity contribution in [1.29, 1.82) is 0 Å². The number of hydrogen-bond donors (Lipinski definition) is 3. The predicted octanol–water partition coefficient (Wildman–Crippen LogP) is 2.29. The second-order valence-electron chi connectivity index (χ2n) is 9.96. The van der Waals surface area contributed by atoms with Crippen LogP contribution in [-0.2, 0) is 14.2 Å². The number of aliphatic hydroxyl groups excluding tert-OH is 3. The molecule has 2 aromatic carbocycles. The van der Waals surface area contributed by atoms with Crippen molar-refractivity contribution in [2.24, 2.45) is 23.7 Å². The second kappa shape index (κ2) is 16.8. The molecule has 0 bridgehead atoms. The summed E-state index contributed by atoms with van der Waals surface area (Å²) >= 11 is 0. The average Bonchev–Trinajstić information content (AvgIpc) is 3.03. The number of methoxy groups -OCH3 is 3. The molecule has 2 fully saturated rings. The zero-order valence-corrected chi connectivity index (χ0v) is 24.3. The number of ether oxygens (including phenoxy) is 3. The lowest BCUT2D eigenvalue weighted by molar-refractivity contribution is -0.0472. The number of carbonyl (C=O) groups excluding carboxylic acids is 2. The van der Waals surface area contributed by atoms with Crippen molar-refractivity contribution >= 4 is 11.9 Å². The molecule has 2 aliphatic rings. The van der Waals surface area contributed by atoms with Gasteiger partial charge in [-0.15, -0.1) is 0 Å². The first-order chi connectivity index (χ1) is 20.8. The van der Waals surface area contributed by atoms with Gasteiger partial charge in [0.15, 0.2) is 0 Å². The predicted molar refractivity (Wildman–Crippen MR) is 159 cm³/mol. The van der Waals surface area contributed by atoms with Crippen LogP contribution < -0.4 is 0 Å². The van der Waals surface area contributed by atoms with Crippen molar-refractivity contribution in [2.45, 2.75) is 25.0 Å². The zero-order valence-electron chi connectivity index (χ0n) is 24.3. The van der Waals surface area contributed by atoms with Crippen molar-refractivity contribution in [3.63, 3.8) is 0 Å². The normalized spacial score (nSPS) is 22.7. The van der Waals surface area contributed by atoms with Gasteiger partial charge in [-0.2, -0.15) is 0 Å². The Morgan fingerprint density at radius 2 is 1.12 bits per heavy atom. The minimum absolute atomic E-state index is 0.0148. The van der Waals surface area contributed by atoms with Crippen LogP contribution in [0.25, 0.3) is 0 Å². The number of benzene rings is 2. The Morgan fingerprint density at radius 3 is 1.47 bits per heavy atom. The lowest BCUT2D eigenvalue weighted by Crippen LogP contribution is -2.43. The third-order valence-electron chi connectivity index (χ3n) is 7.25. The minimum atomic E-state index is -0.451. The molecular weight excluding hydrogens is 548 g/mol. The van der Waals surface area contributed by atoms with Gasteiger partial charge in [-0.3, -0.25) is 0 Å². The molecule has 2 aromatic rings. The molecule has 43 heavy (non-hydrogen) atoms. The molecule has 2 aliphatic carbocycles. The van der Waals surface area contributed by atoms with E-state index in [9.17, 15) is 19.8 Å². The SMILES string of the molecule is COC(=O)c1ccc(C#CC#C[C@H]2CC(O)[C@@H]2CO)cc1.COC[C@H]1C(O)C[C@@H]1C#CC#Cc1ccc(C(=O)OC)cc1. The monoisotopic (exact) mass is 582 g/mol. The van der Waals surface area contributed by atoms with E-state index < -0.39 is 6.10 Å². The molecule has 0 heterocycles. The van der Waals surface area contributed by atoms with Crippen LogP contribution in [0.1, 0.15) is 44.7 Å². The third-order valence-corrected chi connectivity index (χ3v) is 7.25. The first kappa shape index (κ1) is 33.0. The Morgan fingerprint density at radius 1 is 0.698 bits per heavy atom. The Labute approximate surface area is 252 Å². The fourth-order valence-corrected chi connectivity index (χ4v) is 4.44. The molecule has 4 rings (SSSR count). The van der Waals surface area contributed by atoms with Crippen LogP contribution >= 0.6 is 0 Å². The van der Waals surface area contributed by atoms with Crippen LogP contribution in [-0.4, -0.2) is 74.0 Å². The smallest absolute Gasteiger partial charge is 0.337 e. The number of aliphatic hydroxyl groups is 3. The molecule has 0 saturated heterocycles. The van der Waals surface area contributed by atoms with Crippen LogP contribution in [0.2, 0.25) is 0 Å². The fourth-order valence-electron chi connectivity index (χ4n) is 4.44. The van der Waals surface area contributed by atoms with Gasteiger partial charge in [-0.25, -0.2) is 9.59 Å². The third kappa shape index (κ3) is 9.49. The first-order valence-electron chi connectivity index (χ1n) is 13.7. The molecule has 0 aliphatic heterocycles. The Hall–Kier alpha value is -4.54. The summed E-state index contributed by atoms with van der Waals surface area (Å²) in [5, 5.41) is 28.1. The van der Waals surface area contributed by atoms with Crippen LogP contribution in [0, 0.1) is 71.0 Å². The van der Waals surface area contributed by atoms with Gasteiger partial charge in [-0.05, 0) is 85.1 Å². The standard InChI is InChI=1S/C18H18O4.C17H16O4/c1-21-12-16-15(11-17(16)19)6-4-3-5-13-7-9-14(10-8-13)18(20)22-2;1-21-17(20)13-8-6-12(7-9-13)4-2-3-5-14-10-16(19)15(14)11-18/h7-10,15-17,19H,11-12H2,1-2H3;6-9,14-16,18-19H,10-11H2,1H3/t15-,16+,17?;14-,15+,16?/m00/s1. The summed E-state index contributed by atoms with van der Waals surface area (Å²) in [5.41, 5.74) is 2.50. The highest BCUT2D eigenvalue weighted by Gasteiger charge is 2.39. The summed E-state index contributed by atoms with van der Waals surface area (Å²) in [4.78, 5) is 22.6. The Bertz CT molecular complexity index is 1500. The highest BCUT2D eigenvalue weighted by Crippen LogP contribution is 2.34. The number of carbonyl (C=O) groups is 2. The summed E-state index contributed by atoms with van der Waals surface area (Å²) in [6.07, 6.45) is 0.496. The van der Waals surface area contributed by atoms with Gasteiger partial charge in [0, 0.05) is 48.5 Å². The van der Waals surface area contributed by atoms with Crippen molar-refractivity contribution in [1.82, 2.24) is 0 Å². The van der Waals surface area contributed by atoms with E-state index in [1.807, 2.05) is 0 Å². The molecule has 0 radical (unpaired) electrons. The number of rotatable bonds is 5. The molecule has 222 valence electrons. The lowest BCUT2D eigenvalue weighted by atomic mass is 9.72. The van der Waals surface area contributed by atoms with Crippen LogP contribution in [0.5, 0.6) is 0 Å². The van der Waals surface area contributed by atoms with Crippen molar-refractivity contribution < 1.29 is 39.1 Å². The maximum absolute atomic E-state index is 11.3. The van der Waals surface area contributed by atoms with E-state index >= 15 is 0 Å². The zero-order chi connectivity index (χ0) is 31.2. The van der Waals surface area contributed by atoms with Gasteiger partial charge in [-0.1, -0.05) is 23.7 Å². The second-order valence-corrected chi connectivity index (χ2v) is 9.96. The van der Waals surface area contributed by atoms with Crippen LogP contribution in [0.3, 0.4) is 0 Å². The van der Waals surface area contributed by atoms with Crippen molar-refractivity contribution in [2.75, 3.05) is 34.5 Å². The molecular formula is C35H34O8. The molecule has 2 saturated carbocycles. The molecule has 8 nitrogen and oxygen atoms in total. The van der Waals surface area contributed by atoms with E-state index in [2.05, 4.69) is 56.8 Å². The number of hydrogen-bond acceptors (Lipinski definition) is 8. The maximum atomic E-state index is 11.3. The largest absolute Gasteiger partial charge is 0.465 e. The quantitative estimate of drug-likeness (QED) is 0.363. The fraction of sp³-hybridized carbons (Fsp3) is 0.371. The topological polar surface area (TPSA) is 123 Å². The highest BCUT2D eigenvalue weighted by atomic mass is 16.5. The molecule has 0 amide bonds. The van der Waals surface area contributed by atoms with E-state index in [4.69, 9.17) is 9.84 Å². The van der Waals surface area contributed by atoms with E-state index in [0.717, 1.165) is 11.1 Å². The average molecular weight is 583 g/mol. The molecule has 3 N–H and O–H groups in total. The highest BCUT2D eigenvalue weighted by molar-refractivity contribution is 5.89. The first-order valence-corrected chi connectivity index (χ1v) is 13.7. The van der Waals surface area contributed by atoms with E-state index in [1.54, 1.807) is 55.6 Å². The van der Waals surface area contributed by atoms with Gasteiger partial charge < -0.3 is 29.5 Å². The van der Waals surface area contributed by atoms with Gasteiger partial charge in [0.05, 0.1) is 44.2 Å². The van der Waals surface area contributed by atoms with E-state index in [-0.39, 0.29) is 48.3 Å². The molecule has 0 aromatic heterocycles. The van der Waals surface area contributed by atoms with Gasteiger partial charge >= 0.3 is 11.9 Å². The summed E-state index contributed by atoms with van der Waals surface area (Å²) in [6.45, 7) is 0.464. The lowest BCUT2D eigenvalue weighted by Gasteiger charge is -2.37. The Kier molecular flexibility index (Phi) is 12.9. The van der Waals surface area contributed by atoms with Crippen molar-refractivity contribution in [3.05, 3.63) is 70.8 Å². The Balaban J connectivity index is 0.000000236. The van der Waals surface area contributed by atoms with Crippen LogP contribution in [0.15, 0.2) is 48.5 Å². The molecule has 6 atom stereocenters. The minimum Gasteiger partial charge on any atom is -0.465 e.